The third-order valence-electron chi connectivity index (χ3n) is 3.92. The Balaban J connectivity index is 1.62. The normalized spacial score (nSPS) is 10.8. The second kappa shape index (κ2) is 6.64. The highest BCUT2D eigenvalue weighted by molar-refractivity contribution is 5.89. The number of fused-ring (bicyclic) bond motifs is 1. The van der Waals surface area contributed by atoms with E-state index in [4.69, 9.17) is 0 Å². The summed E-state index contributed by atoms with van der Waals surface area (Å²) in [5, 5.41) is 8.05. The number of pyridine rings is 1. The highest BCUT2D eigenvalue weighted by atomic mass is 16.2. The van der Waals surface area contributed by atoms with Crippen molar-refractivity contribution >= 4 is 22.6 Å². The summed E-state index contributed by atoms with van der Waals surface area (Å²) in [5.74, 6) is 0.627. The Bertz CT molecular complexity index is 1130. The lowest BCUT2D eigenvalue weighted by Crippen LogP contribution is -2.30. The summed E-state index contributed by atoms with van der Waals surface area (Å²) in [6.45, 7) is -0.192. The molecule has 0 atom stereocenters. The van der Waals surface area contributed by atoms with E-state index in [-0.39, 0.29) is 18.0 Å². The van der Waals surface area contributed by atoms with Crippen LogP contribution in [0.25, 0.3) is 16.7 Å². The molecule has 0 aliphatic heterocycles. The number of carbonyl (C=O) groups is 1. The van der Waals surface area contributed by atoms with Gasteiger partial charge in [-0.25, -0.2) is 9.67 Å². The van der Waals surface area contributed by atoms with Crippen molar-refractivity contribution in [3.8, 4) is 5.82 Å². The standard InChI is InChI=1S/C19H15N5O2/c25-18(21-16-7-3-4-11-20-16)13-24-19(26)9-8-17(22-24)23-12-10-14-5-1-2-6-15(14)23/h1-12H,13H2,(H,20,21,25). The molecule has 0 bridgehead atoms. The van der Waals surface area contributed by atoms with Gasteiger partial charge >= 0.3 is 0 Å². The first-order chi connectivity index (χ1) is 12.7. The van der Waals surface area contributed by atoms with Crippen LogP contribution in [0.3, 0.4) is 0 Å². The molecule has 0 aliphatic carbocycles. The molecule has 7 nitrogen and oxygen atoms in total. The number of amides is 1. The highest BCUT2D eigenvalue weighted by Crippen LogP contribution is 2.18. The molecule has 0 fully saturated rings. The number of aromatic nitrogens is 4. The summed E-state index contributed by atoms with van der Waals surface area (Å²) < 4.78 is 3.02. The van der Waals surface area contributed by atoms with E-state index in [1.165, 1.54) is 6.07 Å². The van der Waals surface area contributed by atoms with Gasteiger partial charge in [0.2, 0.25) is 5.91 Å². The first kappa shape index (κ1) is 15.8. The van der Waals surface area contributed by atoms with Crippen molar-refractivity contribution in [3.05, 3.63) is 83.4 Å². The van der Waals surface area contributed by atoms with Gasteiger partial charge in [-0.15, -0.1) is 0 Å². The van der Waals surface area contributed by atoms with E-state index in [0.717, 1.165) is 15.6 Å². The zero-order valence-electron chi connectivity index (χ0n) is 13.7. The Morgan fingerprint density at radius 3 is 2.69 bits per heavy atom. The molecule has 1 aromatic carbocycles. The maximum absolute atomic E-state index is 12.2. The molecule has 26 heavy (non-hydrogen) atoms. The number of anilines is 1. The van der Waals surface area contributed by atoms with Gasteiger partial charge in [0.15, 0.2) is 5.82 Å². The third-order valence-corrected chi connectivity index (χ3v) is 3.92. The smallest absolute Gasteiger partial charge is 0.267 e. The fourth-order valence-corrected chi connectivity index (χ4v) is 2.72. The lowest BCUT2D eigenvalue weighted by atomic mass is 10.2. The summed E-state index contributed by atoms with van der Waals surface area (Å²) in [6.07, 6.45) is 3.47. The summed E-state index contributed by atoms with van der Waals surface area (Å²) in [7, 11) is 0. The molecule has 0 aliphatic rings. The largest absolute Gasteiger partial charge is 0.309 e. The molecule has 0 unspecified atom stereocenters. The van der Waals surface area contributed by atoms with Crippen LogP contribution in [0.1, 0.15) is 0 Å². The Hall–Kier alpha value is -3.74. The number of para-hydroxylation sites is 1. The highest BCUT2D eigenvalue weighted by Gasteiger charge is 2.10. The SMILES string of the molecule is O=C(Cn1nc(-n2ccc3ccccc32)ccc1=O)Nc1ccccn1. The molecule has 0 radical (unpaired) electrons. The van der Waals surface area contributed by atoms with Crippen molar-refractivity contribution in [2.24, 2.45) is 0 Å². The van der Waals surface area contributed by atoms with Gasteiger partial charge < -0.3 is 5.32 Å². The number of carbonyl (C=O) groups excluding carboxylic acids is 1. The van der Waals surface area contributed by atoms with Crippen molar-refractivity contribution in [1.29, 1.82) is 0 Å². The fraction of sp³-hybridized carbons (Fsp3) is 0.0526. The zero-order chi connectivity index (χ0) is 17.9. The number of hydrogen-bond donors (Lipinski definition) is 1. The van der Waals surface area contributed by atoms with Crippen LogP contribution in [0, 0.1) is 0 Å². The average Bonchev–Trinajstić information content (AvgIpc) is 3.08. The van der Waals surface area contributed by atoms with E-state index in [1.54, 1.807) is 30.5 Å². The average molecular weight is 345 g/mol. The quantitative estimate of drug-likeness (QED) is 0.615. The molecule has 1 N–H and O–H groups in total. The molecule has 0 saturated heterocycles. The monoisotopic (exact) mass is 345 g/mol. The summed E-state index contributed by atoms with van der Waals surface area (Å²) >= 11 is 0. The van der Waals surface area contributed by atoms with Gasteiger partial charge in [-0.2, -0.15) is 5.10 Å². The minimum atomic E-state index is -0.368. The molecule has 3 heterocycles. The van der Waals surface area contributed by atoms with Crippen molar-refractivity contribution in [2.45, 2.75) is 6.54 Å². The van der Waals surface area contributed by atoms with Crippen LogP contribution in [-0.2, 0) is 11.3 Å². The molecule has 4 rings (SSSR count). The van der Waals surface area contributed by atoms with Gasteiger partial charge in [-0.1, -0.05) is 24.3 Å². The molecule has 3 aromatic heterocycles. The van der Waals surface area contributed by atoms with E-state index in [2.05, 4.69) is 15.4 Å². The molecule has 7 heteroatoms. The molecule has 0 saturated carbocycles. The lowest BCUT2D eigenvalue weighted by molar-refractivity contribution is -0.117. The second-order valence-corrected chi connectivity index (χ2v) is 5.70. The van der Waals surface area contributed by atoms with Crippen LogP contribution in [-0.4, -0.2) is 25.2 Å². The van der Waals surface area contributed by atoms with Crippen LogP contribution in [0.15, 0.2) is 77.9 Å². The molecule has 0 spiro atoms. The van der Waals surface area contributed by atoms with E-state index < -0.39 is 0 Å². The number of rotatable bonds is 4. The molecule has 1 amide bonds. The van der Waals surface area contributed by atoms with Crippen molar-refractivity contribution in [2.75, 3.05) is 5.32 Å². The lowest BCUT2D eigenvalue weighted by Gasteiger charge is -2.09. The van der Waals surface area contributed by atoms with Gasteiger partial charge in [0, 0.05) is 18.5 Å². The number of nitrogens with one attached hydrogen (secondary N) is 1. The molecular weight excluding hydrogens is 330 g/mol. The topological polar surface area (TPSA) is 81.8 Å². The van der Waals surface area contributed by atoms with Crippen molar-refractivity contribution < 1.29 is 4.79 Å². The molecular formula is C19H15N5O2. The maximum atomic E-state index is 12.2. The van der Waals surface area contributed by atoms with Crippen molar-refractivity contribution in [3.63, 3.8) is 0 Å². The third kappa shape index (κ3) is 3.10. The van der Waals surface area contributed by atoms with Crippen LogP contribution >= 0.6 is 0 Å². The van der Waals surface area contributed by atoms with Crippen LogP contribution in [0.4, 0.5) is 5.82 Å². The van der Waals surface area contributed by atoms with Gasteiger partial charge in [0.1, 0.15) is 12.4 Å². The Morgan fingerprint density at radius 2 is 1.85 bits per heavy atom. The second-order valence-electron chi connectivity index (χ2n) is 5.70. The first-order valence-corrected chi connectivity index (χ1v) is 8.06. The Morgan fingerprint density at radius 1 is 1.00 bits per heavy atom. The first-order valence-electron chi connectivity index (χ1n) is 8.06. The van der Waals surface area contributed by atoms with Crippen LogP contribution in [0.5, 0.6) is 0 Å². The van der Waals surface area contributed by atoms with Crippen LogP contribution in [0.2, 0.25) is 0 Å². The zero-order valence-corrected chi connectivity index (χ0v) is 13.7. The van der Waals surface area contributed by atoms with Crippen molar-refractivity contribution in [1.82, 2.24) is 19.3 Å². The molecule has 128 valence electrons. The molecule has 4 aromatic rings. The summed E-state index contributed by atoms with van der Waals surface area (Å²) in [6, 6.07) is 18.1. The summed E-state index contributed by atoms with van der Waals surface area (Å²) in [4.78, 5) is 28.3. The predicted molar refractivity (Wildman–Crippen MR) is 98.2 cm³/mol. The summed E-state index contributed by atoms with van der Waals surface area (Å²) in [5.41, 5.74) is 0.629. The van der Waals surface area contributed by atoms with E-state index >= 15 is 0 Å². The predicted octanol–water partition coefficient (Wildman–Crippen LogP) is 2.22. The van der Waals surface area contributed by atoms with Crippen LogP contribution < -0.4 is 10.9 Å². The fourth-order valence-electron chi connectivity index (χ4n) is 2.72. The van der Waals surface area contributed by atoms with Gasteiger partial charge in [0.25, 0.3) is 5.56 Å². The van der Waals surface area contributed by atoms with E-state index in [1.807, 2.05) is 41.1 Å². The number of benzene rings is 1. The minimum Gasteiger partial charge on any atom is -0.309 e. The Labute approximate surface area is 148 Å². The van der Waals surface area contributed by atoms with Gasteiger partial charge in [-0.3, -0.25) is 14.2 Å². The van der Waals surface area contributed by atoms with E-state index in [0.29, 0.717) is 11.6 Å². The number of nitrogens with zero attached hydrogens (tertiary/aromatic N) is 4. The Kier molecular flexibility index (Phi) is 4.03. The van der Waals surface area contributed by atoms with E-state index in [9.17, 15) is 9.59 Å². The van der Waals surface area contributed by atoms with Gasteiger partial charge in [0.05, 0.1) is 5.52 Å². The maximum Gasteiger partial charge on any atom is 0.267 e. The van der Waals surface area contributed by atoms with Gasteiger partial charge in [-0.05, 0) is 35.7 Å². The minimum absolute atomic E-state index is 0.192. The number of hydrogen-bond acceptors (Lipinski definition) is 4.